The highest BCUT2D eigenvalue weighted by atomic mass is 79.9. The van der Waals surface area contributed by atoms with Crippen LogP contribution in [0.15, 0.2) is 41.0 Å². The fourth-order valence-corrected chi connectivity index (χ4v) is 2.07. The molecule has 1 heterocycles. The summed E-state index contributed by atoms with van der Waals surface area (Å²) in [6, 6.07) is 7.79. The Balaban J connectivity index is 2.24. The summed E-state index contributed by atoms with van der Waals surface area (Å²) in [7, 11) is 0. The number of halogens is 3. The van der Waals surface area contributed by atoms with Gasteiger partial charge in [0.2, 0.25) is 0 Å². The van der Waals surface area contributed by atoms with E-state index in [9.17, 15) is 9.18 Å². The molecular weight excluding hydrogens is 321 g/mol. The van der Waals surface area contributed by atoms with Gasteiger partial charge in [0.25, 0.3) is 0 Å². The Kier molecular flexibility index (Phi) is 4.09. The van der Waals surface area contributed by atoms with Crippen molar-refractivity contribution in [3.63, 3.8) is 0 Å². The number of carbonyl (C=O) groups excluding carboxylic acids is 1. The van der Waals surface area contributed by atoms with E-state index in [0.717, 1.165) is 0 Å². The molecule has 18 heavy (non-hydrogen) atoms. The van der Waals surface area contributed by atoms with Crippen molar-refractivity contribution < 1.29 is 9.18 Å². The van der Waals surface area contributed by atoms with Gasteiger partial charge in [-0.3, -0.25) is 9.78 Å². The minimum Gasteiger partial charge on any atom is -0.292 e. The molecule has 0 fully saturated rings. The summed E-state index contributed by atoms with van der Waals surface area (Å²) in [5.41, 5.74) is 0.492. The van der Waals surface area contributed by atoms with Crippen molar-refractivity contribution in [1.29, 1.82) is 0 Å². The summed E-state index contributed by atoms with van der Waals surface area (Å²) >= 11 is 9.03. The fourth-order valence-electron chi connectivity index (χ4n) is 1.51. The first kappa shape index (κ1) is 13.2. The van der Waals surface area contributed by atoms with Crippen molar-refractivity contribution in [3.8, 4) is 0 Å². The molecule has 1 aromatic carbocycles. The molecule has 0 saturated carbocycles. The lowest BCUT2D eigenvalue weighted by molar-refractivity contribution is 0.0987. The van der Waals surface area contributed by atoms with E-state index in [1.807, 2.05) is 0 Å². The molecule has 0 radical (unpaired) electrons. The number of hydrogen-bond donors (Lipinski definition) is 0. The molecule has 0 atom stereocenters. The Hall–Kier alpha value is -1.26. The number of rotatable bonds is 3. The van der Waals surface area contributed by atoms with Gasteiger partial charge in [0.15, 0.2) is 5.78 Å². The van der Waals surface area contributed by atoms with Crippen LogP contribution in [0.4, 0.5) is 4.39 Å². The number of ketones is 1. The predicted octanol–water partition coefficient (Wildman–Crippen LogP) is 4.06. The van der Waals surface area contributed by atoms with Crippen LogP contribution >= 0.6 is 27.5 Å². The molecular formula is C13H8BrClFNO. The van der Waals surface area contributed by atoms with Gasteiger partial charge in [0.05, 0.1) is 5.02 Å². The van der Waals surface area contributed by atoms with Crippen LogP contribution in [-0.4, -0.2) is 10.8 Å². The second-order valence-electron chi connectivity index (χ2n) is 3.67. The largest absolute Gasteiger partial charge is 0.292 e. The zero-order chi connectivity index (χ0) is 13.1. The van der Waals surface area contributed by atoms with Gasteiger partial charge in [-0.1, -0.05) is 33.6 Å². The molecule has 0 aliphatic rings. The highest BCUT2D eigenvalue weighted by molar-refractivity contribution is 9.10. The SMILES string of the molecule is O=C(Cc1ccc(Br)cc1F)c1ncccc1Cl. The molecule has 92 valence electrons. The second kappa shape index (κ2) is 5.59. The standard InChI is InChI=1S/C13H8BrClFNO/c14-9-4-3-8(11(16)7-9)6-12(18)13-10(15)2-1-5-17-13/h1-5,7H,6H2. The lowest BCUT2D eigenvalue weighted by Gasteiger charge is -2.04. The first-order chi connectivity index (χ1) is 8.58. The van der Waals surface area contributed by atoms with Crippen LogP contribution in [0.2, 0.25) is 5.02 Å². The van der Waals surface area contributed by atoms with E-state index in [4.69, 9.17) is 11.6 Å². The van der Waals surface area contributed by atoms with Gasteiger partial charge < -0.3 is 0 Å². The molecule has 0 unspecified atom stereocenters. The maximum atomic E-state index is 13.6. The monoisotopic (exact) mass is 327 g/mol. The smallest absolute Gasteiger partial charge is 0.187 e. The predicted molar refractivity (Wildman–Crippen MR) is 71.4 cm³/mol. The van der Waals surface area contributed by atoms with Crippen molar-refractivity contribution in [2.75, 3.05) is 0 Å². The lowest BCUT2D eigenvalue weighted by Crippen LogP contribution is -2.08. The molecule has 2 aromatic rings. The third kappa shape index (κ3) is 2.94. The van der Waals surface area contributed by atoms with Crippen molar-refractivity contribution in [2.24, 2.45) is 0 Å². The third-order valence-electron chi connectivity index (χ3n) is 2.39. The summed E-state index contributed by atoms with van der Waals surface area (Å²) in [5, 5.41) is 0.278. The highest BCUT2D eigenvalue weighted by Crippen LogP contribution is 2.19. The molecule has 0 N–H and O–H groups in total. The summed E-state index contributed by atoms with van der Waals surface area (Å²) in [6.07, 6.45) is 1.42. The van der Waals surface area contributed by atoms with E-state index in [0.29, 0.717) is 10.0 Å². The number of carbonyl (C=O) groups is 1. The minimum atomic E-state index is -0.426. The Morgan fingerprint density at radius 3 is 2.83 bits per heavy atom. The summed E-state index contributed by atoms with van der Waals surface area (Å²) in [6.45, 7) is 0. The Morgan fingerprint density at radius 2 is 2.17 bits per heavy atom. The molecule has 0 amide bonds. The van der Waals surface area contributed by atoms with Crippen molar-refractivity contribution >= 4 is 33.3 Å². The van der Waals surface area contributed by atoms with E-state index in [2.05, 4.69) is 20.9 Å². The van der Waals surface area contributed by atoms with Crippen LogP contribution in [0.1, 0.15) is 16.1 Å². The number of hydrogen-bond acceptors (Lipinski definition) is 2. The average Bonchev–Trinajstić information content (AvgIpc) is 2.33. The number of nitrogens with zero attached hydrogens (tertiary/aromatic N) is 1. The van der Waals surface area contributed by atoms with Gasteiger partial charge >= 0.3 is 0 Å². The van der Waals surface area contributed by atoms with Crippen molar-refractivity contribution in [3.05, 3.63) is 63.1 Å². The zero-order valence-electron chi connectivity index (χ0n) is 9.16. The zero-order valence-corrected chi connectivity index (χ0v) is 11.5. The van der Waals surface area contributed by atoms with Gasteiger partial charge in [0, 0.05) is 17.1 Å². The molecule has 0 aliphatic carbocycles. The maximum Gasteiger partial charge on any atom is 0.187 e. The molecule has 0 saturated heterocycles. The Morgan fingerprint density at radius 1 is 1.39 bits per heavy atom. The normalized spacial score (nSPS) is 10.4. The van der Waals surface area contributed by atoms with Crippen LogP contribution in [0.3, 0.4) is 0 Å². The highest BCUT2D eigenvalue weighted by Gasteiger charge is 2.14. The molecule has 2 rings (SSSR count). The molecule has 1 aromatic heterocycles. The molecule has 0 spiro atoms. The molecule has 5 heteroatoms. The minimum absolute atomic E-state index is 0.0597. The third-order valence-corrected chi connectivity index (χ3v) is 3.19. The number of Topliss-reactive ketones (excluding diaryl/α,β-unsaturated/α-hetero) is 1. The van der Waals surface area contributed by atoms with Crippen molar-refractivity contribution in [2.45, 2.75) is 6.42 Å². The second-order valence-corrected chi connectivity index (χ2v) is 4.99. The van der Waals surface area contributed by atoms with E-state index in [-0.39, 0.29) is 22.9 Å². The van der Waals surface area contributed by atoms with E-state index in [1.165, 1.54) is 12.3 Å². The van der Waals surface area contributed by atoms with E-state index < -0.39 is 5.82 Å². The summed E-state index contributed by atoms with van der Waals surface area (Å²) < 4.78 is 14.2. The van der Waals surface area contributed by atoms with Crippen LogP contribution in [-0.2, 0) is 6.42 Å². The summed E-state index contributed by atoms with van der Waals surface area (Å²) in [4.78, 5) is 15.9. The lowest BCUT2D eigenvalue weighted by atomic mass is 10.1. The van der Waals surface area contributed by atoms with Crippen LogP contribution < -0.4 is 0 Å². The van der Waals surface area contributed by atoms with Crippen molar-refractivity contribution in [1.82, 2.24) is 4.98 Å². The van der Waals surface area contributed by atoms with Gasteiger partial charge in [0.1, 0.15) is 11.5 Å². The van der Waals surface area contributed by atoms with Gasteiger partial charge in [-0.05, 0) is 29.8 Å². The Bertz CT molecular complexity index is 603. The topological polar surface area (TPSA) is 30.0 Å². The fraction of sp³-hybridized carbons (Fsp3) is 0.0769. The molecule has 2 nitrogen and oxygen atoms in total. The number of aromatic nitrogens is 1. The van der Waals surface area contributed by atoms with E-state index >= 15 is 0 Å². The maximum absolute atomic E-state index is 13.6. The number of benzene rings is 1. The van der Waals surface area contributed by atoms with Crippen LogP contribution in [0.5, 0.6) is 0 Å². The van der Waals surface area contributed by atoms with Gasteiger partial charge in [-0.25, -0.2) is 4.39 Å². The first-order valence-corrected chi connectivity index (χ1v) is 6.32. The van der Waals surface area contributed by atoms with Crippen LogP contribution in [0, 0.1) is 5.82 Å². The van der Waals surface area contributed by atoms with Gasteiger partial charge in [-0.15, -0.1) is 0 Å². The summed E-state index contributed by atoms with van der Waals surface area (Å²) in [5.74, 6) is -0.730. The molecule has 0 aliphatic heterocycles. The molecule has 0 bridgehead atoms. The van der Waals surface area contributed by atoms with Crippen LogP contribution in [0.25, 0.3) is 0 Å². The first-order valence-electron chi connectivity index (χ1n) is 5.15. The van der Waals surface area contributed by atoms with E-state index in [1.54, 1.807) is 24.3 Å². The Labute approximate surface area is 117 Å². The quantitative estimate of drug-likeness (QED) is 0.795. The van der Waals surface area contributed by atoms with Gasteiger partial charge in [-0.2, -0.15) is 0 Å². The number of pyridine rings is 1. The average molecular weight is 329 g/mol.